The van der Waals surface area contributed by atoms with Crippen LogP contribution in [0.4, 0.5) is 0 Å². The zero-order chi connectivity index (χ0) is 17.6. The van der Waals surface area contributed by atoms with Gasteiger partial charge < -0.3 is 19.5 Å². The van der Waals surface area contributed by atoms with Crippen LogP contribution in [0.25, 0.3) is 10.9 Å². The molecule has 1 saturated heterocycles. The number of rotatable bonds is 7. The molecule has 5 heteroatoms. The van der Waals surface area contributed by atoms with Crippen molar-refractivity contribution < 1.29 is 9.53 Å². The topological polar surface area (TPSA) is 46.5 Å². The first kappa shape index (κ1) is 18.0. The summed E-state index contributed by atoms with van der Waals surface area (Å²) >= 11 is 0. The second-order valence-corrected chi connectivity index (χ2v) is 7.01. The van der Waals surface area contributed by atoms with Crippen LogP contribution < -0.4 is 5.32 Å². The number of hydrogen-bond donors (Lipinski definition) is 1. The SMILES string of the molecule is COCCN1CCC(CNC(=O)Cn2c(C)cc3ccccc32)CC1. The summed E-state index contributed by atoms with van der Waals surface area (Å²) in [5.41, 5.74) is 2.25. The lowest BCUT2D eigenvalue weighted by Gasteiger charge is -2.31. The molecule has 5 nitrogen and oxygen atoms in total. The maximum Gasteiger partial charge on any atom is 0.239 e. The van der Waals surface area contributed by atoms with Crippen molar-refractivity contribution in [2.75, 3.05) is 39.9 Å². The van der Waals surface area contributed by atoms with Crippen LogP contribution in [0.2, 0.25) is 0 Å². The highest BCUT2D eigenvalue weighted by atomic mass is 16.5. The molecule has 1 aliphatic heterocycles. The number of carbonyl (C=O) groups is 1. The van der Waals surface area contributed by atoms with Crippen molar-refractivity contribution >= 4 is 16.8 Å². The number of aryl methyl sites for hydroxylation is 1. The Bertz CT molecular complexity index is 702. The minimum atomic E-state index is 0.103. The number of piperidine rings is 1. The molecule has 0 saturated carbocycles. The summed E-state index contributed by atoms with van der Waals surface area (Å²) < 4.78 is 7.23. The van der Waals surface area contributed by atoms with Gasteiger partial charge in [0.25, 0.3) is 0 Å². The van der Waals surface area contributed by atoms with Crippen molar-refractivity contribution in [2.45, 2.75) is 26.3 Å². The quantitative estimate of drug-likeness (QED) is 0.840. The molecule has 1 aliphatic rings. The molecule has 2 heterocycles. The molecule has 1 fully saturated rings. The molecule has 3 rings (SSSR count). The van der Waals surface area contributed by atoms with E-state index in [9.17, 15) is 4.79 Å². The van der Waals surface area contributed by atoms with Gasteiger partial charge in [-0.3, -0.25) is 4.79 Å². The Kier molecular flexibility index (Phi) is 6.10. The first-order chi connectivity index (χ1) is 12.2. The minimum absolute atomic E-state index is 0.103. The molecule has 1 amide bonds. The molecule has 0 unspecified atom stereocenters. The zero-order valence-corrected chi connectivity index (χ0v) is 15.3. The number of nitrogens with one attached hydrogen (secondary N) is 1. The van der Waals surface area contributed by atoms with Crippen molar-refractivity contribution in [2.24, 2.45) is 5.92 Å². The van der Waals surface area contributed by atoms with E-state index in [-0.39, 0.29) is 5.91 Å². The molecule has 1 aromatic carbocycles. The lowest BCUT2D eigenvalue weighted by Crippen LogP contribution is -2.40. The molecule has 0 atom stereocenters. The number of fused-ring (bicyclic) bond motifs is 1. The highest BCUT2D eigenvalue weighted by molar-refractivity contribution is 5.84. The Labute approximate surface area is 149 Å². The number of hydrogen-bond acceptors (Lipinski definition) is 3. The number of ether oxygens (including phenoxy) is 1. The molecular formula is C20H29N3O2. The van der Waals surface area contributed by atoms with E-state index in [1.165, 1.54) is 5.39 Å². The van der Waals surface area contributed by atoms with E-state index in [0.717, 1.165) is 56.8 Å². The lowest BCUT2D eigenvalue weighted by atomic mass is 9.97. The summed E-state index contributed by atoms with van der Waals surface area (Å²) in [6.07, 6.45) is 2.30. The van der Waals surface area contributed by atoms with Gasteiger partial charge in [0.05, 0.1) is 6.61 Å². The molecular weight excluding hydrogens is 314 g/mol. The van der Waals surface area contributed by atoms with E-state index in [2.05, 4.69) is 39.9 Å². The number of nitrogens with zero attached hydrogens (tertiary/aromatic N) is 2. The third-order valence-electron chi connectivity index (χ3n) is 5.23. The van der Waals surface area contributed by atoms with E-state index >= 15 is 0 Å². The van der Waals surface area contributed by atoms with Gasteiger partial charge in [-0.05, 0) is 56.3 Å². The van der Waals surface area contributed by atoms with Gasteiger partial charge in [0.2, 0.25) is 5.91 Å². The highest BCUT2D eigenvalue weighted by Crippen LogP contribution is 2.19. The Morgan fingerprint density at radius 1 is 1.28 bits per heavy atom. The Hall–Kier alpha value is -1.85. The largest absolute Gasteiger partial charge is 0.383 e. The molecule has 0 bridgehead atoms. The number of carbonyl (C=O) groups excluding carboxylic acids is 1. The Morgan fingerprint density at radius 2 is 2.04 bits per heavy atom. The molecule has 0 radical (unpaired) electrons. The summed E-state index contributed by atoms with van der Waals surface area (Å²) in [4.78, 5) is 14.8. The van der Waals surface area contributed by atoms with E-state index in [1.807, 2.05) is 12.1 Å². The van der Waals surface area contributed by atoms with Crippen LogP contribution in [0.5, 0.6) is 0 Å². The number of amides is 1. The van der Waals surface area contributed by atoms with Crippen LogP contribution in [0.15, 0.2) is 30.3 Å². The van der Waals surface area contributed by atoms with Crippen molar-refractivity contribution in [3.63, 3.8) is 0 Å². The molecule has 0 spiro atoms. The monoisotopic (exact) mass is 343 g/mol. The van der Waals surface area contributed by atoms with E-state index < -0.39 is 0 Å². The van der Waals surface area contributed by atoms with Crippen molar-refractivity contribution in [3.05, 3.63) is 36.0 Å². The van der Waals surface area contributed by atoms with Gasteiger partial charge >= 0.3 is 0 Å². The van der Waals surface area contributed by atoms with E-state index in [1.54, 1.807) is 7.11 Å². The minimum Gasteiger partial charge on any atom is -0.383 e. The maximum atomic E-state index is 12.4. The number of para-hydroxylation sites is 1. The van der Waals surface area contributed by atoms with E-state index in [4.69, 9.17) is 4.74 Å². The highest BCUT2D eigenvalue weighted by Gasteiger charge is 2.19. The summed E-state index contributed by atoms with van der Waals surface area (Å²) in [6, 6.07) is 10.4. The van der Waals surface area contributed by atoms with Gasteiger partial charge in [0, 0.05) is 31.4 Å². The number of aromatic nitrogens is 1. The van der Waals surface area contributed by atoms with Crippen LogP contribution in [0.3, 0.4) is 0 Å². The number of likely N-dealkylation sites (tertiary alicyclic amines) is 1. The third-order valence-corrected chi connectivity index (χ3v) is 5.23. The summed E-state index contributed by atoms with van der Waals surface area (Å²) in [7, 11) is 1.75. The van der Waals surface area contributed by atoms with E-state index in [0.29, 0.717) is 12.5 Å². The lowest BCUT2D eigenvalue weighted by molar-refractivity contribution is -0.121. The molecule has 1 N–H and O–H groups in total. The zero-order valence-electron chi connectivity index (χ0n) is 15.3. The van der Waals surface area contributed by atoms with Crippen LogP contribution in [-0.2, 0) is 16.1 Å². The van der Waals surface area contributed by atoms with Crippen LogP contribution in [0, 0.1) is 12.8 Å². The molecule has 1 aromatic heterocycles. The molecule has 136 valence electrons. The molecule has 2 aromatic rings. The van der Waals surface area contributed by atoms with Gasteiger partial charge in [0.1, 0.15) is 6.54 Å². The standard InChI is InChI=1S/C20H29N3O2/c1-16-13-18-5-3-4-6-19(18)23(16)15-20(24)21-14-17-7-9-22(10-8-17)11-12-25-2/h3-6,13,17H,7-12,14-15H2,1-2H3,(H,21,24). The van der Waals surface area contributed by atoms with Crippen LogP contribution in [0.1, 0.15) is 18.5 Å². The second kappa shape index (κ2) is 8.50. The summed E-state index contributed by atoms with van der Waals surface area (Å²) in [6.45, 7) is 7.25. The van der Waals surface area contributed by atoms with Crippen molar-refractivity contribution in [3.8, 4) is 0 Å². The van der Waals surface area contributed by atoms with Crippen LogP contribution in [-0.4, -0.2) is 55.3 Å². The fourth-order valence-corrected chi connectivity index (χ4v) is 3.65. The maximum absolute atomic E-state index is 12.4. The normalized spacial score (nSPS) is 16.4. The van der Waals surface area contributed by atoms with Crippen molar-refractivity contribution in [1.82, 2.24) is 14.8 Å². The molecule has 25 heavy (non-hydrogen) atoms. The van der Waals surface area contributed by atoms with Crippen molar-refractivity contribution in [1.29, 1.82) is 0 Å². The second-order valence-electron chi connectivity index (χ2n) is 7.01. The van der Waals surface area contributed by atoms with Gasteiger partial charge in [-0.25, -0.2) is 0 Å². The summed E-state index contributed by atoms with van der Waals surface area (Å²) in [5.74, 6) is 0.691. The fraction of sp³-hybridized carbons (Fsp3) is 0.550. The Balaban J connectivity index is 1.46. The Morgan fingerprint density at radius 3 is 2.80 bits per heavy atom. The predicted octanol–water partition coefficient (Wildman–Crippen LogP) is 2.42. The van der Waals surface area contributed by atoms with Crippen LogP contribution >= 0.6 is 0 Å². The molecule has 0 aliphatic carbocycles. The average Bonchev–Trinajstić information content (AvgIpc) is 2.94. The van der Waals surface area contributed by atoms with Gasteiger partial charge in [-0.1, -0.05) is 18.2 Å². The van der Waals surface area contributed by atoms with Gasteiger partial charge in [-0.15, -0.1) is 0 Å². The fourth-order valence-electron chi connectivity index (χ4n) is 3.65. The van der Waals surface area contributed by atoms with Gasteiger partial charge in [-0.2, -0.15) is 0 Å². The number of benzene rings is 1. The third kappa shape index (κ3) is 4.61. The average molecular weight is 343 g/mol. The summed E-state index contributed by atoms with van der Waals surface area (Å²) in [5, 5.41) is 4.33. The number of methoxy groups -OCH3 is 1. The first-order valence-corrected chi connectivity index (χ1v) is 9.20. The van der Waals surface area contributed by atoms with Gasteiger partial charge in [0.15, 0.2) is 0 Å². The smallest absolute Gasteiger partial charge is 0.239 e. The first-order valence-electron chi connectivity index (χ1n) is 9.20. The predicted molar refractivity (Wildman–Crippen MR) is 101 cm³/mol.